The average Bonchev–Trinajstić information content (AvgIpc) is 3.27. The van der Waals surface area contributed by atoms with Crippen molar-refractivity contribution in [1.82, 2.24) is 24.7 Å². The second kappa shape index (κ2) is 7.71. The number of nitrogens with one attached hydrogen (secondary N) is 1. The van der Waals surface area contributed by atoms with Gasteiger partial charge in [0.05, 0.1) is 16.3 Å². The summed E-state index contributed by atoms with van der Waals surface area (Å²) in [6.45, 7) is 0.254. The lowest BCUT2D eigenvalue weighted by Crippen LogP contribution is -2.09. The number of ether oxygens (including phenoxy) is 1. The molecule has 0 aliphatic rings. The van der Waals surface area contributed by atoms with Crippen LogP contribution in [0.2, 0.25) is 5.02 Å². The largest absolute Gasteiger partial charge is 0.484 e. The van der Waals surface area contributed by atoms with Gasteiger partial charge in [0, 0.05) is 7.05 Å². The maximum Gasteiger partial charge on any atom is 0.268 e. The summed E-state index contributed by atoms with van der Waals surface area (Å²) < 4.78 is 8.20. The van der Waals surface area contributed by atoms with E-state index < -0.39 is 0 Å². The van der Waals surface area contributed by atoms with E-state index in [1.807, 2.05) is 35.2 Å². The Balaban J connectivity index is 1.44. The fourth-order valence-electron chi connectivity index (χ4n) is 2.42. The van der Waals surface area contributed by atoms with Crippen molar-refractivity contribution in [2.75, 3.05) is 0 Å². The third kappa shape index (κ3) is 3.85. The van der Waals surface area contributed by atoms with Crippen LogP contribution < -0.4 is 10.3 Å². The Morgan fingerprint density at radius 1 is 1.30 bits per heavy atom. The fourth-order valence-corrected chi connectivity index (χ4v) is 4.14. The van der Waals surface area contributed by atoms with Crippen LogP contribution in [0.4, 0.5) is 0 Å². The summed E-state index contributed by atoms with van der Waals surface area (Å²) >= 11 is 8.92. The Morgan fingerprint density at radius 2 is 2.15 bits per heavy atom. The number of hydrogen-bond acceptors (Lipinski definition) is 7. The third-order valence-electron chi connectivity index (χ3n) is 3.82. The van der Waals surface area contributed by atoms with E-state index in [4.69, 9.17) is 16.3 Å². The highest BCUT2D eigenvalue weighted by Gasteiger charge is 2.12. The first-order valence-electron chi connectivity index (χ1n) is 7.96. The van der Waals surface area contributed by atoms with Crippen LogP contribution in [0.3, 0.4) is 0 Å². The SMILES string of the molecule is Cn1c(COc2ccccc2Cl)nnc1SCc1nc2ccsc2c(=O)[nH]1. The molecule has 10 heteroatoms. The summed E-state index contributed by atoms with van der Waals surface area (Å²) in [4.78, 5) is 19.3. The lowest BCUT2D eigenvalue weighted by molar-refractivity contribution is 0.290. The van der Waals surface area contributed by atoms with E-state index in [2.05, 4.69) is 20.2 Å². The molecule has 0 atom stereocenters. The molecule has 0 saturated carbocycles. The van der Waals surface area contributed by atoms with Gasteiger partial charge in [-0.3, -0.25) is 4.79 Å². The van der Waals surface area contributed by atoms with Crippen LogP contribution in [-0.4, -0.2) is 24.7 Å². The lowest BCUT2D eigenvalue weighted by Gasteiger charge is -2.07. The molecule has 4 rings (SSSR count). The number of para-hydroxylation sites is 1. The van der Waals surface area contributed by atoms with Crippen molar-refractivity contribution in [2.45, 2.75) is 17.5 Å². The minimum atomic E-state index is -0.114. The number of rotatable bonds is 6. The quantitative estimate of drug-likeness (QED) is 0.480. The van der Waals surface area contributed by atoms with Gasteiger partial charge in [0.15, 0.2) is 11.0 Å². The van der Waals surface area contributed by atoms with Gasteiger partial charge in [0.1, 0.15) is 22.9 Å². The molecule has 4 aromatic rings. The second-order valence-corrected chi connectivity index (χ2v) is 7.88. The normalized spacial score (nSPS) is 11.2. The molecule has 1 aromatic carbocycles. The number of hydrogen-bond donors (Lipinski definition) is 1. The maximum atomic E-state index is 12.0. The standard InChI is InChI=1S/C17H14ClN5O2S2/c1-23-14(8-25-12-5-3-2-4-10(12)18)21-22-17(23)27-9-13-19-11-6-7-26-15(11)16(24)20-13/h2-7H,8-9H2,1H3,(H,19,20,24). The maximum absolute atomic E-state index is 12.0. The molecule has 0 spiro atoms. The molecule has 0 aliphatic carbocycles. The Bertz CT molecular complexity index is 1150. The Morgan fingerprint density at radius 3 is 3.00 bits per heavy atom. The van der Waals surface area contributed by atoms with Gasteiger partial charge in [0.25, 0.3) is 5.56 Å². The van der Waals surface area contributed by atoms with E-state index >= 15 is 0 Å². The molecule has 1 N–H and O–H groups in total. The molecule has 0 amide bonds. The van der Waals surface area contributed by atoms with E-state index in [1.54, 1.807) is 12.1 Å². The van der Waals surface area contributed by atoms with Crippen molar-refractivity contribution in [1.29, 1.82) is 0 Å². The first-order chi connectivity index (χ1) is 13.1. The number of benzene rings is 1. The highest BCUT2D eigenvalue weighted by atomic mass is 35.5. The summed E-state index contributed by atoms with van der Waals surface area (Å²) in [6.07, 6.45) is 0. The molecule has 3 heterocycles. The van der Waals surface area contributed by atoms with Crippen molar-refractivity contribution >= 4 is 44.9 Å². The lowest BCUT2D eigenvalue weighted by atomic mass is 10.3. The molecule has 7 nitrogen and oxygen atoms in total. The molecule has 3 aromatic heterocycles. The zero-order valence-electron chi connectivity index (χ0n) is 14.2. The summed E-state index contributed by atoms with van der Waals surface area (Å²) in [5, 5.41) is 11.5. The van der Waals surface area contributed by atoms with Gasteiger partial charge in [-0.05, 0) is 23.6 Å². The van der Waals surface area contributed by atoms with Crippen molar-refractivity contribution in [3.8, 4) is 5.75 Å². The van der Waals surface area contributed by atoms with E-state index in [9.17, 15) is 4.79 Å². The molecule has 0 unspecified atom stereocenters. The van der Waals surface area contributed by atoms with Crippen LogP contribution in [0.15, 0.2) is 45.7 Å². The van der Waals surface area contributed by atoms with Gasteiger partial charge in [-0.15, -0.1) is 21.5 Å². The van der Waals surface area contributed by atoms with E-state index in [1.165, 1.54) is 23.1 Å². The fraction of sp³-hybridized carbons (Fsp3) is 0.176. The van der Waals surface area contributed by atoms with Crippen molar-refractivity contribution in [3.63, 3.8) is 0 Å². The second-order valence-electron chi connectivity index (χ2n) is 5.61. The van der Waals surface area contributed by atoms with Crippen LogP contribution in [0.25, 0.3) is 10.2 Å². The number of H-pyrrole nitrogens is 1. The van der Waals surface area contributed by atoms with Gasteiger partial charge in [-0.25, -0.2) is 4.98 Å². The van der Waals surface area contributed by atoms with Crippen LogP contribution >= 0.6 is 34.7 Å². The predicted octanol–water partition coefficient (Wildman–Crippen LogP) is 3.64. The van der Waals surface area contributed by atoms with Gasteiger partial charge in [-0.2, -0.15) is 0 Å². The molecule has 0 radical (unpaired) electrons. The number of thiophene rings is 1. The van der Waals surface area contributed by atoms with Crippen molar-refractivity contribution in [3.05, 3.63) is 62.7 Å². The van der Waals surface area contributed by atoms with E-state index in [0.717, 1.165) is 0 Å². The number of aromatic nitrogens is 5. The molecule has 0 saturated heterocycles. The highest BCUT2D eigenvalue weighted by molar-refractivity contribution is 7.98. The third-order valence-corrected chi connectivity index (χ3v) is 6.07. The van der Waals surface area contributed by atoms with Crippen molar-refractivity contribution in [2.24, 2.45) is 7.05 Å². The van der Waals surface area contributed by atoms with Crippen molar-refractivity contribution < 1.29 is 4.74 Å². The Hall–Kier alpha value is -2.36. The topological polar surface area (TPSA) is 85.7 Å². The molecule has 0 bridgehead atoms. The minimum absolute atomic E-state index is 0.114. The Kier molecular flexibility index (Phi) is 5.15. The molecule has 0 fully saturated rings. The van der Waals surface area contributed by atoms with Gasteiger partial charge >= 0.3 is 0 Å². The summed E-state index contributed by atoms with van der Waals surface area (Å²) in [5.41, 5.74) is 0.600. The first kappa shape index (κ1) is 18.0. The van der Waals surface area contributed by atoms with Crippen LogP contribution in [0.1, 0.15) is 11.6 Å². The predicted molar refractivity (Wildman–Crippen MR) is 107 cm³/mol. The average molecular weight is 420 g/mol. The molecule has 27 heavy (non-hydrogen) atoms. The number of nitrogens with zero attached hydrogens (tertiary/aromatic N) is 4. The molecular weight excluding hydrogens is 406 g/mol. The zero-order valence-corrected chi connectivity index (χ0v) is 16.6. The van der Waals surface area contributed by atoms with Crippen LogP contribution in [-0.2, 0) is 19.4 Å². The summed E-state index contributed by atoms with van der Waals surface area (Å²) in [7, 11) is 1.87. The first-order valence-corrected chi connectivity index (χ1v) is 10.2. The number of thioether (sulfide) groups is 1. The molecular formula is C17H14ClN5O2S2. The zero-order chi connectivity index (χ0) is 18.8. The van der Waals surface area contributed by atoms with Gasteiger partial charge in [-0.1, -0.05) is 35.5 Å². The van der Waals surface area contributed by atoms with E-state index in [-0.39, 0.29) is 12.2 Å². The van der Waals surface area contributed by atoms with Crippen LogP contribution in [0.5, 0.6) is 5.75 Å². The number of halogens is 1. The highest BCUT2D eigenvalue weighted by Crippen LogP contribution is 2.25. The van der Waals surface area contributed by atoms with E-state index in [0.29, 0.717) is 43.5 Å². The number of fused-ring (bicyclic) bond motifs is 1. The smallest absolute Gasteiger partial charge is 0.268 e. The summed E-state index contributed by atoms with van der Waals surface area (Å²) in [6, 6.07) is 9.12. The minimum Gasteiger partial charge on any atom is -0.484 e. The number of aromatic amines is 1. The van der Waals surface area contributed by atoms with Gasteiger partial charge in [0.2, 0.25) is 0 Å². The summed E-state index contributed by atoms with van der Waals surface area (Å²) in [5.74, 6) is 2.36. The molecule has 138 valence electrons. The Labute approximate surface area is 167 Å². The monoisotopic (exact) mass is 419 g/mol. The van der Waals surface area contributed by atoms with Crippen LogP contribution in [0, 0.1) is 0 Å². The van der Waals surface area contributed by atoms with Gasteiger partial charge < -0.3 is 14.3 Å². The molecule has 0 aliphatic heterocycles.